The van der Waals surface area contributed by atoms with E-state index in [-0.39, 0.29) is 0 Å². The van der Waals surface area contributed by atoms with Crippen LogP contribution in [0, 0.1) is 0 Å². The van der Waals surface area contributed by atoms with Gasteiger partial charge in [0.15, 0.2) is 0 Å². The van der Waals surface area contributed by atoms with Gasteiger partial charge in [0.05, 0.1) is 16.4 Å². The minimum absolute atomic E-state index is 0.509. The third kappa shape index (κ3) is 3.33. The Morgan fingerprint density at radius 2 is 1.22 bits per heavy atom. The predicted octanol–water partition coefficient (Wildman–Crippen LogP) is 10.7. The fourth-order valence-corrected chi connectivity index (χ4v) is 8.16. The molecule has 2 nitrogen and oxygen atoms in total. The maximum Gasteiger partial charge on any atom is 0.145 e. The van der Waals surface area contributed by atoms with Crippen molar-refractivity contribution in [2.45, 2.75) is 5.41 Å². The van der Waals surface area contributed by atoms with E-state index in [1.54, 1.807) is 0 Å². The van der Waals surface area contributed by atoms with Crippen LogP contribution in [0.3, 0.4) is 0 Å². The molecule has 8 aromatic rings. The Kier molecular flexibility index (Phi) is 5.24. The molecule has 0 saturated heterocycles. The average Bonchev–Trinajstić information content (AvgIpc) is 3.61. The number of hydrogen-bond acceptors (Lipinski definition) is 1. The lowest BCUT2D eigenvalue weighted by Crippen LogP contribution is -2.30. The van der Waals surface area contributed by atoms with E-state index in [1.807, 2.05) is 0 Å². The van der Waals surface area contributed by atoms with Gasteiger partial charge in [-0.3, -0.25) is 4.57 Å². The van der Waals surface area contributed by atoms with Crippen LogP contribution in [-0.4, -0.2) is 9.55 Å². The smallest absolute Gasteiger partial charge is 0.145 e. The van der Waals surface area contributed by atoms with Crippen molar-refractivity contribution in [3.05, 3.63) is 191 Å². The molecule has 1 unspecified atom stereocenters. The van der Waals surface area contributed by atoms with Gasteiger partial charge in [-0.15, -0.1) is 0 Å². The molecule has 46 heavy (non-hydrogen) atoms. The van der Waals surface area contributed by atoms with Gasteiger partial charge in [-0.05, 0) is 85.6 Å². The molecule has 0 fully saturated rings. The molecule has 1 aromatic heterocycles. The molecule has 0 N–H and O–H groups in total. The minimum atomic E-state index is -0.509. The van der Waals surface area contributed by atoms with Crippen LogP contribution in [0.25, 0.3) is 62.2 Å². The van der Waals surface area contributed by atoms with Crippen LogP contribution in [0.4, 0.5) is 0 Å². The van der Waals surface area contributed by atoms with Gasteiger partial charge < -0.3 is 0 Å². The predicted molar refractivity (Wildman–Crippen MR) is 190 cm³/mol. The van der Waals surface area contributed by atoms with E-state index in [0.29, 0.717) is 0 Å². The second kappa shape index (κ2) is 9.50. The highest BCUT2D eigenvalue weighted by atomic mass is 15.1. The number of hydrogen-bond donors (Lipinski definition) is 0. The van der Waals surface area contributed by atoms with E-state index in [2.05, 4.69) is 174 Å². The van der Waals surface area contributed by atoms with Crippen molar-refractivity contribution in [3.8, 4) is 28.2 Å². The molecule has 2 aliphatic rings. The summed E-state index contributed by atoms with van der Waals surface area (Å²) in [4.78, 5) is 5.27. The number of benzene rings is 7. The first-order chi connectivity index (χ1) is 22.8. The fourth-order valence-electron chi connectivity index (χ4n) is 8.16. The van der Waals surface area contributed by atoms with E-state index in [1.165, 1.54) is 55.3 Å². The SMILES string of the molecule is C1=Cc2ccc(-c3nc4ccccc4n3-c3ccccc3)cc2C2(c3ccccc31)c1ccccc1-c1c2ccc2ccccc12. The van der Waals surface area contributed by atoms with Crippen LogP contribution in [-0.2, 0) is 5.41 Å². The molecule has 0 aliphatic heterocycles. The molecule has 0 saturated carbocycles. The molecule has 10 rings (SSSR count). The molecule has 1 atom stereocenters. The fraction of sp³-hybridized carbons (Fsp3) is 0.0227. The van der Waals surface area contributed by atoms with Gasteiger partial charge in [0.25, 0.3) is 0 Å². The summed E-state index contributed by atoms with van der Waals surface area (Å²) in [7, 11) is 0. The first-order valence-corrected chi connectivity index (χ1v) is 15.9. The third-order valence-corrected chi connectivity index (χ3v) is 10.0. The van der Waals surface area contributed by atoms with Gasteiger partial charge in [0.1, 0.15) is 5.82 Å². The van der Waals surface area contributed by atoms with Crippen LogP contribution in [0.2, 0.25) is 0 Å². The van der Waals surface area contributed by atoms with Gasteiger partial charge in [0, 0.05) is 11.3 Å². The molecule has 0 amide bonds. The van der Waals surface area contributed by atoms with Gasteiger partial charge in [-0.25, -0.2) is 4.98 Å². The van der Waals surface area contributed by atoms with Crippen molar-refractivity contribution in [2.24, 2.45) is 0 Å². The van der Waals surface area contributed by atoms with Gasteiger partial charge in [-0.1, -0.05) is 140 Å². The van der Waals surface area contributed by atoms with Crippen molar-refractivity contribution in [3.63, 3.8) is 0 Å². The summed E-state index contributed by atoms with van der Waals surface area (Å²) in [5.74, 6) is 0.942. The quantitative estimate of drug-likeness (QED) is 0.198. The highest BCUT2D eigenvalue weighted by Crippen LogP contribution is 2.60. The van der Waals surface area contributed by atoms with E-state index in [0.717, 1.165) is 28.1 Å². The van der Waals surface area contributed by atoms with E-state index in [9.17, 15) is 0 Å². The zero-order valence-corrected chi connectivity index (χ0v) is 25.1. The Morgan fingerprint density at radius 3 is 2.13 bits per heavy atom. The molecular weight excluding hydrogens is 556 g/mol. The summed E-state index contributed by atoms with van der Waals surface area (Å²) >= 11 is 0. The number of rotatable bonds is 2. The Balaban J connectivity index is 1.34. The Hall–Kier alpha value is -5.99. The number of para-hydroxylation sites is 3. The summed E-state index contributed by atoms with van der Waals surface area (Å²) in [6.45, 7) is 0. The number of aromatic nitrogens is 2. The second-order valence-corrected chi connectivity index (χ2v) is 12.3. The van der Waals surface area contributed by atoms with Crippen molar-refractivity contribution in [1.29, 1.82) is 0 Å². The second-order valence-electron chi connectivity index (χ2n) is 12.3. The van der Waals surface area contributed by atoms with Crippen LogP contribution < -0.4 is 0 Å². The first kappa shape index (κ1) is 25.3. The molecule has 214 valence electrons. The summed E-state index contributed by atoms with van der Waals surface area (Å²) in [6.07, 6.45) is 4.60. The molecule has 0 radical (unpaired) electrons. The zero-order chi connectivity index (χ0) is 30.2. The maximum absolute atomic E-state index is 5.27. The first-order valence-electron chi connectivity index (χ1n) is 15.9. The van der Waals surface area contributed by atoms with Crippen LogP contribution in [0.1, 0.15) is 33.4 Å². The summed E-state index contributed by atoms with van der Waals surface area (Å²) in [6, 6.07) is 57.5. The topological polar surface area (TPSA) is 17.8 Å². The number of imidazole rings is 1. The molecular formula is C44H28N2. The average molecular weight is 585 g/mol. The van der Waals surface area contributed by atoms with Gasteiger partial charge in [0.2, 0.25) is 0 Å². The summed E-state index contributed by atoms with van der Waals surface area (Å²) in [5.41, 5.74) is 14.1. The lowest BCUT2D eigenvalue weighted by Gasteiger charge is -2.35. The molecule has 1 heterocycles. The lowest BCUT2D eigenvalue weighted by molar-refractivity contribution is 0.767. The molecule has 7 aromatic carbocycles. The lowest BCUT2D eigenvalue weighted by atomic mass is 9.65. The zero-order valence-electron chi connectivity index (χ0n) is 25.1. The van der Waals surface area contributed by atoms with Gasteiger partial charge in [-0.2, -0.15) is 0 Å². The standard InChI is InChI=1S/C44H28N2/c1-2-14-33(15-3-1)46-41-21-11-10-20-40(41)45-43(46)32-25-24-31-23-22-30-13-5-8-18-36(30)44(39(31)28-32)37-19-9-7-17-35(37)42-34-16-6-4-12-29(34)26-27-38(42)44/h1-28H. The normalized spacial score (nSPS) is 15.8. The van der Waals surface area contributed by atoms with Gasteiger partial charge >= 0.3 is 0 Å². The number of fused-ring (bicyclic) bond motifs is 12. The van der Waals surface area contributed by atoms with Crippen molar-refractivity contribution < 1.29 is 0 Å². The Morgan fingerprint density at radius 1 is 0.500 bits per heavy atom. The highest BCUT2D eigenvalue weighted by Gasteiger charge is 2.49. The van der Waals surface area contributed by atoms with E-state index >= 15 is 0 Å². The molecule has 2 aliphatic carbocycles. The van der Waals surface area contributed by atoms with Crippen LogP contribution in [0.5, 0.6) is 0 Å². The Bertz CT molecular complexity index is 2530. The maximum atomic E-state index is 5.27. The van der Waals surface area contributed by atoms with Crippen LogP contribution in [0.15, 0.2) is 158 Å². The summed E-state index contributed by atoms with van der Waals surface area (Å²) in [5, 5.41) is 2.56. The van der Waals surface area contributed by atoms with E-state index in [4.69, 9.17) is 4.98 Å². The third-order valence-electron chi connectivity index (χ3n) is 10.0. The highest BCUT2D eigenvalue weighted by molar-refractivity contribution is 6.05. The van der Waals surface area contributed by atoms with E-state index < -0.39 is 5.41 Å². The molecule has 0 bridgehead atoms. The molecule has 2 heteroatoms. The Labute approximate surface area is 267 Å². The largest absolute Gasteiger partial charge is 0.292 e. The summed E-state index contributed by atoms with van der Waals surface area (Å²) < 4.78 is 2.30. The minimum Gasteiger partial charge on any atom is -0.292 e. The monoisotopic (exact) mass is 584 g/mol. The van der Waals surface area contributed by atoms with Crippen molar-refractivity contribution in [1.82, 2.24) is 9.55 Å². The van der Waals surface area contributed by atoms with Crippen molar-refractivity contribution >= 4 is 34.0 Å². The van der Waals surface area contributed by atoms with Crippen LogP contribution >= 0.6 is 0 Å². The molecule has 1 spiro atoms. The number of nitrogens with zero attached hydrogens (tertiary/aromatic N) is 2. The van der Waals surface area contributed by atoms with Crippen molar-refractivity contribution in [2.75, 3.05) is 0 Å².